The van der Waals surface area contributed by atoms with Crippen molar-refractivity contribution >= 4 is 5.97 Å². The molecule has 0 fully saturated rings. The standard InChI is InChI=1S/C32H46O4/c1-4-6-7-8-9-10-11-14-25-34-29-19-17-28(18-20-29)32(33)36-31-23-21-30(22-24-31)35-26-15-12-13-16-27(3)5-2/h14,17-25,27H,4-13,15-16,26H2,1-3H3/b25-14+/t27-/m0/s1. The van der Waals surface area contributed by atoms with Crippen molar-refractivity contribution in [1.29, 1.82) is 0 Å². The van der Waals surface area contributed by atoms with Crippen molar-refractivity contribution in [3.63, 3.8) is 0 Å². The van der Waals surface area contributed by atoms with E-state index in [0.29, 0.717) is 23.7 Å². The van der Waals surface area contributed by atoms with Crippen molar-refractivity contribution < 1.29 is 19.0 Å². The molecule has 0 N–H and O–H groups in total. The summed E-state index contributed by atoms with van der Waals surface area (Å²) in [6.07, 6.45) is 18.6. The van der Waals surface area contributed by atoms with Crippen molar-refractivity contribution in [2.24, 2.45) is 5.92 Å². The number of hydrogen-bond donors (Lipinski definition) is 0. The Balaban J connectivity index is 1.64. The van der Waals surface area contributed by atoms with Crippen LogP contribution in [0.15, 0.2) is 60.9 Å². The first-order chi connectivity index (χ1) is 17.6. The fourth-order valence-corrected chi connectivity index (χ4v) is 3.84. The number of allylic oxidation sites excluding steroid dienone is 1. The van der Waals surface area contributed by atoms with Gasteiger partial charge in [-0.25, -0.2) is 4.79 Å². The van der Waals surface area contributed by atoms with Crippen molar-refractivity contribution in [3.8, 4) is 17.2 Å². The molecule has 36 heavy (non-hydrogen) atoms. The van der Waals surface area contributed by atoms with Crippen LogP contribution in [0.3, 0.4) is 0 Å². The van der Waals surface area contributed by atoms with Crippen molar-refractivity contribution in [2.75, 3.05) is 6.61 Å². The van der Waals surface area contributed by atoms with Gasteiger partial charge in [-0.1, -0.05) is 78.6 Å². The number of carbonyl (C=O) groups excluding carboxylic acids is 1. The molecule has 0 saturated carbocycles. The molecule has 0 amide bonds. The molecule has 2 rings (SSSR count). The molecule has 1 atom stereocenters. The molecular formula is C32H46O4. The number of ether oxygens (including phenoxy) is 3. The summed E-state index contributed by atoms with van der Waals surface area (Å²) in [7, 11) is 0. The quantitative estimate of drug-likeness (QED) is 0.0844. The maximum absolute atomic E-state index is 12.5. The highest BCUT2D eigenvalue weighted by Crippen LogP contribution is 2.20. The minimum absolute atomic E-state index is 0.393. The second-order valence-corrected chi connectivity index (χ2v) is 9.64. The molecule has 0 heterocycles. The molecule has 0 aliphatic carbocycles. The predicted molar refractivity (Wildman–Crippen MR) is 149 cm³/mol. The molecule has 0 aromatic heterocycles. The van der Waals surface area contributed by atoms with Gasteiger partial charge in [0.15, 0.2) is 0 Å². The second-order valence-electron chi connectivity index (χ2n) is 9.64. The molecule has 4 nitrogen and oxygen atoms in total. The number of carbonyl (C=O) groups is 1. The highest BCUT2D eigenvalue weighted by Gasteiger charge is 2.09. The summed E-state index contributed by atoms with van der Waals surface area (Å²) in [6.45, 7) is 7.51. The van der Waals surface area contributed by atoms with Gasteiger partial charge in [-0.3, -0.25) is 0 Å². The fourth-order valence-electron chi connectivity index (χ4n) is 3.84. The molecule has 0 unspecified atom stereocenters. The monoisotopic (exact) mass is 494 g/mol. The normalized spacial score (nSPS) is 12.0. The summed E-state index contributed by atoms with van der Waals surface area (Å²) in [5.41, 5.74) is 0.483. The Morgan fingerprint density at radius 1 is 0.778 bits per heavy atom. The first-order valence-electron chi connectivity index (χ1n) is 14.0. The van der Waals surface area contributed by atoms with Crippen LogP contribution in [0, 0.1) is 5.92 Å². The van der Waals surface area contributed by atoms with Crippen LogP contribution in [-0.2, 0) is 0 Å². The Bertz CT molecular complexity index is 855. The number of hydrogen-bond acceptors (Lipinski definition) is 4. The summed E-state index contributed by atoms with van der Waals surface area (Å²) >= 11 is 0. The molecule has 2 aromatic rings. The van der Waals surface area contributed by atoms with Gasteiger partial charge in [0.05, 0.1) is 18.4 Å². The Morgan fingerprint density at radius 3 is 2.14 bits per heavy atom. The molecule has 0 radical (unpaired) electrons. The topological polar surface area (TPSA) is 44.8 Å². The summed E-state index contributed by atoms with van der Waals surface area (Å²) in [5, 5.41) is 0. The largest absolute Gasteiger partial charge is 0.494 e. The zero-order valence-electron chi connectivity index (χ0n) is 22.7. The lowest BCUT2D eigenvalue weighted by atomic mass is 10.0. The van der Waals surface area contributed by atoms with Gasteiger partial charge in [0.1, 0.15) is 17.2 Å². The van der Waals surface area contributed by atoms with Crippen molar-refractivity contribution in [3.05, 3.63) is 66.4 Å². The lowest BCUT2D eigenvalue weighted by Gasteiger charge is -2.09. The second kappa shape index (κ2) is 18.5. The van der Waals surface area contributed by atoms with E-state index in [2.05, 4.69) is 26.8 Å². The molecule has 0 saturated heterocycles. The number of rotatable bonds is 19. The predicted octanol–water partition coefficient (Wildman–Crippen LogP) is 9.53. The van der Waals surface area contributed by atoms with Crippen LogP contribution in [0.2, 0.25) is 0 Å². The van der Waals surface area contributed by atoms with Crippen molar-refractivity contribution in [1.82, 2.24) is 0 Å². The summed E-state index contributed by atoms with van der Waals surface area (Å²) in [5.74, 6) is 2.41. The number of unbranched alkanes of at least 4 members (excludes halogenated alkanes) is 8. The van der Waals surface area contributed by atoms with E-state index in [0.717, 1.165) is 24.5 Å². The van der Waals surface area contributed by atoms with Gasteiger partial charge in [-0.2, -0.15) is 0 Å². The van der Waals surface area contributed by atoms with Gasteiger partial charge in [0.25, 0.3) is 0 Å². The van der Waals surface area contributed by atoms with Gasteiger partial charge in [0.2, 0.25) is 0 Å². The van der Waals surface area contributed by atoms with Crippen LogP contribution in [0.4, 0.5) is 0 Å². The van der Waals surface area contributed by atoms with E-state index in [1.54, 1.807) is 42.7 Å². The van der Waals surface area contributed by atoms with Gasteiger partial charge >= 0.3 is 5.97 Å². The maximum Gasteiger partial charge on any atom is 0.343 e. The third-order valence-electron chi connectivity index (χ3n) is 6.46. The van der Waals surface area contributed by atoms with E-state index in [-0.39, 0.29) is 0 Å². The lowest BCUT2D eigenvalue weighted by Crippen LogP contribution is -2.08. The Kier molecular flexibility index (Phi) is 15.2. The summed E-state index contributed by atoms with van der Waals surface area (Å²) in [4.78, 5) is 12.5. The third kappa shape index (κ3) is 12.8. The molecule has 198 valence electrons. The number of benzene rings is 2. The molecule has 0 aliphatic rings. The van der Waals surface area contributed by atoms with Gasteiger partial charge in [0, 0.05) is 0 Å². The minimum Gasteiger partial charge on any atom is -0.494 e. The van der Waals surface area contributed by atoms with Crippen LogP contribution in [0.1, 0.15) is 108 Å². The average molecular weight is 495 g/mol. The van der Waals surface area contributed by atoms with Crippen LogP contribution in [0.25, 0.3) is 0 Å². The highest BCUT2D eigenvalue weighted by molar-refractivity contribution is 5.91. The van der Waals surface area contributed by atoms with Crippen LogP contribution >= 0.6 is 0 Å². The zero-order chi connectivity index (χ0) is 25.8. The molecule has 0 aliphatic heterocycles. The highest BCUT2D eigenvalue weighted by atomic mass is 16.5. The van der Waals surface area contributed by atoms with E-state index >= 15 is 0 Å². The zero-order valence-corrected chi connectivity index (χ0v) is 22.7. The van der Waals surface area contributed by atoms with Gasteiger partial charge in [-0.15, -0.1) is 0 Å². The Hall–Kier alpha value is -2.75. The van der Waals surface area contributed by atoms with E-state index in [4.69, 9.17) is 14.2 Å². The van der Waals surface area contributed by atoms with Gasteiger partial charge < -0.3 is 14.2 Å². The molecule has 0 bridgehead atoms. The SMILES string of the molecule is CCCCCCCC/C=C/Oc1ccc(C(=O)Oc2ccc(OCCCCC[C@@H](C)CC)cc2)cc1. The molecule has 0 spiro atoms. The Labute approximate surface area is 219 Å². The van der Waals surface area contributed by atoms with Crippen molar-refractivity contribution in [2.45, 2.75) is 97.8 Å². The van der Waals surface area contributed by atoms with Crippen LogP contribution in [0.5, 0.6) is 17.2 Å². The molecule has 4 heteroatoms. The maximum atomic E-state index is 12.5. The Morgan fingerprint density at radius 2 is 1.42 bits per heavy atom. The smallest absolute Gasteiger partial charge is 0.343 e. The summed E-state index contributed by atoms with van der Waals surface area (Å²) < 4.78 is 16.9. The van der Waals surface area contributed by atoms with Crippen LogP contribution < -0.4 is 14.2 Å². The average Bonchev–Trinajstić information content (AvgIpc) is 2.90. The van der Waals surface area contributed by atoms with E-state index in [1.165, 1.54) is 64.2 Å². The molecular weight excluding hydrogens is 448 g/mol. The fraction of sp³-hybridized carbons (Fsp3) is 0.531. The van der Waals surface area contributed by atoms with E-state index in [9.17, 15) is 4.79 Å². The summed E-state index contributed by atoms with van der Waals surface area (Å²) in [6, 6.07) is 14.2. The van der Waals surface area contributed by atoms with E-state index < -0.39 is 5.97 Å². The third-order valence-corrected chi connectivity index (χ3v) is 6.46. The lowest BCUT2D eigenvalue weighted by molar-refractivity contribution is 0.0734. The molecule has 2 aromatic carbocycles. The van der Waals surface area contributed by atoms with Gasteiger partial charge in [-0.05, 0) is 79.8 Å². The van der Waals surface area contributed by atoms with Crippen LogP contribution in [-0.4, -0.2) is 12.6 Å². The first-order valence-corrected chi connectivity index (χ1v) is 14.0. The number of esters is 1. The van der Waals surface area contributed by atoms with E-state index in [1.807, 2.05) is 12.1 Å². The first kappa shape index (κ1) is 29.5. The minimum atomic E-state index is -0.393.